The Kier molecular flexibility index (Phi) is 7.92. The van der Waals surface area contributed by atoms with Gasteiger partial charge in [-0.1, -0.05) is 0 Å². The highest BCUT2D eigenvalue weighted by atomic mass is 16.5. The van der Waals surface area contributed by atoms with Crippen LogP contribution >= 0.6 is 0 Å². The minimum absolute atomic E-state index is 0.226. The van der Waals surface area contributed by atoms with E-state index in [1.54, 1.807) is 54.5 Å². The molecule has 0 atom stereocenters. The highest BCUT2D eigenvalue weighted by Gasteiger charge is 2.12. The molecule has 4 N–H and O–H groups in total. The molecule has 0 radical (unpaired) electrons. The third kappa shape index (κ3) is 6.18. The van der Waals surface area contributed by atoms with Crippen LogP contribution in [0.15, 0.2) is 42.9 Å². The average Bonchev–Trinajstić information content (AvgIpc) is 3.13. The summed E-state index contributed by atoms with van der Waals surface area (Å²) < 4.78 is 12.4. The van der Waals surface area contributed by atoms with Gasteiger partial charge in [-0.05, 0) is 24.3 Å². The van der Waals surface area contributed by atoms with Crippen LogP contribution in [0, 0.1) is 0 Å². The summed E-state index contributed by atoms with van der Waals surface area (Å²) in [6.45, 7) is 2.13. The number of nitrogens with one attached hydrogen (secondary N) is 1. The number of amides is 1. The molecule has 0 saturated carbocycles. The van der Waals surface area contributed by atoms with Gasteiger partial charge < -0.3 is 25.6 Å². The zero-order valence-electron chi connectivity index (χ0n) is 16.2. The van der Waals surface area contributed by atoms with Gasteiger partial charge in [-0.25, -0.2) is 9.50 Å². The molecule has 2 aromatic heterocycles. The van der Waals surface area contributed by atoms with E-state index in [0.717, 1.165) is 12.5 Å². The average molecular weight is 401 g/mol. The number of hydrogen-bond acceptors (Lipinski definition) is 7. The van der Waals surface area contributed by atoms with Gasteiger partial charge in [0.1, 0.15) is 6.61 Å². The van der Waals surface area contributed by atoms with Gasteiger partial charge in [0.25, 0.3) is 11.9 Å². The van der Waals surface area contributed by atoms with Crippen LogP contribution in [0.2, 0.25) is 0 Å². The standard InChI is InChI=1S/C17H19N5O3.C2H4O2/c1-24-14-4-3-12(9-15(14)25-8-5-18)17(23)20-10-13-11-21-22-7-2-6-19-16(13)22;1-2(3)4/h2-4,6-7,9,11H,5,8,10,18H2,1H3,(H,20,23);1H3,(H,3,4). The van der Waals surface area contributed by atoms with Crippen molar-refractivity contribution in [3.8, 4) is 11.5 Å². The molecule has 29 heavy (non-hydrogen) atoms. The number of methoxy groups -OCH3 is 1. The molecule has 0 spiro atoms. The van der Waals surface area contributed by atoms with Crippen LogP contribution in [-0.4, -0.2) is 51.8 Å². The summed E-state index contributed by atoms with van der Waals surface area (Å²) in [5.41, 5.74) is 7.47. The van der Waals surface area contributed by atoms with Gasteiger partial charge >= 0.3 is 0 Å². The number of benzene rings is 1. The van der Waals surface area contributed by atoms with Crippen LogP contribution in [0.5, 0.6) is 11.5 Å². The predicted octanol–water partition coefficient (Wildman–Crippen LogP) is 1.10. The van der Waals surface area contributed by atoms with Crippen molar-refractivity contribution in [2.24, 2.45) is 5.73 Å². The van der Waals surface area contributed by atoms with Crippen molar-refractivity contribution >= 4 is 17.5 Å². The van der Waals surface area contributed by atoms with Crippen LogP contribution < -0.4 is 20.5 Å². The predicted molar refractivity (Wildman–Crippen MR) is 105 cm³/mol. The number of fused-ring (bicyclic) bond motifs is 1. The van der Waals surface area contributed by atoms with Crippen LogP contribution in [0.1, 0.15) is 22.8 Å². The summed E-state index contributed by atoms with van der Waals surface area (Å²) in [6.07, 6.45) is 5.18. The molecule has 1 aromatic carbocycles. The lowest BCUT2D eigenvalue weighted by Gasteiger charge is -2.11. The van der Waals surface area contributed by atoms with Gasteiger partial charge in [0, 0.05) is 43.5 Å². The topological polar surface area (TPSA) is 141 Å². The normalized spacial score (nSPS) is 10.0. The third-order valence-corrected chi connectivity index (χ3v) is 3.59. The number of aliphatic carboxylic acids is 1. The number of carbonyl (C=O) groups excluding carboxylic acids is 1. The number of aromatic nitrogens is 3. The molecule has 1 amide bonds. The van der Waals surface area contributed by atoms with Crippen molar-refractivity contribution in [1.82, 2.24) is 19.9 Å². The first-order chi connectivity index (χ1) is 14.0. The van der Waals surface area contributed by atoms with E-state index < -0.39 is 5.97 Å². The van der Waals surface area contributed by atoms with Crippen LogP contribution in [0.3, 0.4) is 0 Å². The maximum Gasteiger partial charge on any atom is 0.300 e. The highest BCUT2D eigenvalue weighted by molar-refractivity contribution is 5.94. The van der Waals surface area contributed by atoms with Gasteiger partial charge in [0.05, 0.1) is 13.3 Å². The first-order valence-corrected chi connectivity index (χ1v) is 8.72. The van der Waals surface area contributed by atoms with Crippen LogP contribution in [-0.2, 0) is 11.3 Å². The first-order valence-electron chi connectivity index (χ1n) is 8.72. The molecule has 0 saturated heterocycles. The Bertz CT molecular complexity index is 969. The molecule has 0 bridgehead atoms. The Labute approximate surface area is 167 Å². The summed E-state index contributed by atoms with van der Waals surface area (Å²) in [4.78, 5) is 25.7. The molecule has 2 heterocycles. The zero-order valence-corrected chi connectivity index (χ0v) is 16.2. The van der Waals surface area contributed by atoms with E-state index in [-0.39, 0.29) is 5.91 Å². The fourth-order valence-corrected chi connectivity index (χ4v) is 2.38. The molecule has 3 rings (SSSR count). The summed E-state index contributed by atoms with van der Waals surface area (Å²) in [7, 11) is 1.54. The minimum atomic E-state index is -0.833. The van der Waals surface area contributed by atoms with Gasteiger partial charge in [-0.2, -0.15) is 5.10 Å². The number of rotatable bonds is 7. The second-order valence-electron chi connectivity index (χ2n) is 5.76. The van der Waals surface area contributed by atoms with Crippen molar-refractivity contribution in [3.05, 3.63) is 54.0 Å². The van der Waals surface area contributed by atoms with Gasteiger partial charge in [-0.3, -0.25) is 9.59 Å². The molecule has 0 aliphatic carbocycles. The van der Waals surface area contributed by atoms with E-state index in [0.29, 0.717) is 42.4 Å². The number of ether oxygens (including phenoxy) is 2. The number of nitrogens with two attached hydrogens (primary N) is 1. The van der Waals surface area contributed by atoms with Gasteiger partial charge in [0.15, 0.2) is 17.1 Å². The lowest BCUT2D eigenvalue weighted by atomic mass is 10.2. The second-order valence-corrected chi connectivity index (χ2v) is 5.76. The van der Waals surface area contributed by atoms with Crippen molar-refractivity contribution in [1.29, 1.82) is 0 Å². The Balaban J connectivity index is 0.000000687. The van der Waals surface area contributed by atoms with E-state index >= 15 is 0 Å². The van der Waals surface area contributed by atoms with Crippen molar-refractivity contribution in [2.45, 2.75) is 13.5 Å². The molecule has 0 unspecified atom stereocenters. The fraction of sp³-hybridized carbons (Fsp3) is 0.263. The molecule has 10 heteroatoms. The zero-order chi connectivity index (χ0) is 21.2. The third-order valence-electron chi connectivity index (χ3n) is 3.59. The van der Waals surface area contributed by atoms with E-state index in [1.807, 2.05) is 0 Å². The van der Waals surface area contributed by atoms with Crippen LogP contribution in [0.4, 0.5) is 0 Å². The van der Waals surface area contributed by atoms with Crippen molar-refractivity contribution < 1.29 is 24.2 Å². The number of nitrogens with zero attached hydrogens (tertiary/aromatic N) is 3. The maximum absolute atomic E-state index is 12.4. The summed E-state index contributed by atoms with van der Waals surface area (Å²) in [5, 5.41) is 14.5. The molecule has 0 aliphatic rings. The second kappa shape index (κ2) is 10.6. The maximum atomic E-state index is 12.4. The molecular weight excluding hydrogens is 378 g/mol. The van der Waals surface area contributed by atoms with E-state index in [9.17, 15) is 4.79 Å². The number of carbonyl (C=O) groups is 2. The molecule has 0 fully saturated rings. The Morgan fingerprint density at radius 2 is 2.07 bits per heavy atom. The van der Waals surface area contributed by atoms with E-state index in [2.05, 4.69) is 15.4 Å². The van der Waals surface area contributed by atoms with Gasteiger partial charge in [0.2, 0.25) is 0 Å². The van der Waals surface area contributed by atoms with E-state index in [1.165, 1.54) is 0 Å². The molecule has 154 valence electrons. The molecular formula is C19H23N5O5. The Morgan fingerprint density at radius 1 is 1.31 bits per heavy atom. The SMILES string of the molecule is CC(=O)O.COc1ccc(C(=O)NCc2cnn3cccnc23)cc1OCCN. The number of carboxylic acid groups (broad SMARTS) is 1. The summed E-state index contributed by atoms with van der Waals surface area (Å²) in [5.74, 6) is -0.0226. The summed E-state index contributed by atoms with van der Waals surface area (Å²) >= 11 is 0. The quantitative estimate of drug-likeness (QED) is 0.534. The minimum Gasteiger partial charge on any atom is -0.493 e. The monoisotopic (exact) mass is 401 g/mol. The molecule has 10 nitrogen and oxygen atoms in total. The van der Waals surface area contributed by atoms with Crippen molar-refractivity contribution in [2.75, 3.05) is 20.3 Å². The largest absolute Gasteiger partial charge is 0.493 e. The summed E-state index contributed by atoms with van der Waals surface area (Å²) in [6, 6.07) is 6.80. The number of carboxylic acids is 1. The molecule has 0 aliphatic heterocycles. The lowest BCUT2D eigenvalue weighted by molar-refractivity contribution is -0.134. The fourth-order valence-electron chi connectivity index (χ4n) is 2.38. The lowest BCUT2D eigenvalue weighted by Crippen LogP contribution is -2.23. The van der Waals surface area contributed by atoms with Crippen LogP contribution in [0.25, 0.3) is 5.65 Å². The van der Waals surface area contributed by atoms with Crippen molar-refractivity contribution in [3.63, 3.8) is 0 Å². The Hall–Kier alpha value is -3.66. The highest BCUT2D eigenvalue weighted by Crippen LogP contribution is 2.28. The van der Waals surface area contributed by atoms with Gasteiger partial charge in [-0.15, -0.1) is 0 Å². The number of hydrogen-bond donors (Lipinski definition) is 3. The van der Waals surface area contributed by atoms with E-state index in [4.69, 9.17) is 25.1 Å². The molecule has 3 aromatic rings. The Morgan fingerprint density at radius 3 is 2.76 bits per heavy atom. The first kappa shape index (κ1) is 21.6. The smallest absolute Gasteiger partial charge is 0.300 e.